The van der Waals surface area contributed by atoms with E-state index >= 15 is 0 Å². The van der Waals surface area contributed by atoms with Crippen LogP contribution in [0.3, 0.4) is 0 Å². The molecule has 0 amide bonds. The fourth-order valence-corrected chi connectivity index (χ4v) is 4.23. The van der Waals surface area contributed by atoms with Gasteiger partial charge in [-0.2, -0.15) is 15.4 Å². The van der Waals surface area contributed by atoms with Crippen LogP contribution >= 0.6 is 23.2 Å². The van der Waals surface area contributed by atoms with Gasteiger partial charge in [0.1, 0.15) is 0 Å². The Kier molecular flexibility index (Phi) is 5.87. The van der Waals surface area contributed by atoms with Crippen LogP contribution in [0, 0.1) is 0 Å². The summed E-state index contributed by atoms with van der Waals surface area (Å²) in [4.78, 5) is 10.7. The third kappa shape index (κ3) is 4.66. The third-order valence-electron chi connectivity index (χ3n) is 5.30. The number of hydrogen-bond acceptors (Lipinski definition) is 9. The van der Waals surface area contributed by atoms with Crippen LogP contribution in [0.2, 0.25) is 10.0 Å². The van der Waals surface area contributed by atoms with E-state index in [4.69, 9.17) is 27.6 Å². The maximum atomic E-state index is 6.03. The van der Waals surface area contributed by atoms with Crippen LogP contribution in [0.15, 0.2) is 41.2 Å². The zero-order valence-corrected chi connectivity index (χ0v) is 18.4. The van der Waals surface area contributed by atoms with Crippen molar-refractivity contribution < 1.29 is 4.42 Å². The summed E-state index contributed by atoms with van der Waals surface area (Å²) in [6.07, 6.45) is 6.98. The summed E-state index contributed by atoms with van der Waals surface area (Å²) >= 11 is 12.1. The van der Waals surface area contributed by atoms with Crippen LogP contribution in [0.4, 0.5) is 12.0 Å². The van der Waals surface area contributed by atoms with E-state index in [1.54, 1.807) is 24.7 Å². The van der Waals surface area contributed by atoms with E-state index in [1.807, 2.05) is 12.1 Å². The van der Waals surface area contributed by atoms with Gasteiger partial charge in [0.2, 0.25) is 5.95 Å². The maximum absolute atomic E-state index is 6.03. The van der Waals surface area contributed by atoms with Crippen LogP contribution < -0.4 is 10.2 Å². The van der Waals surface area contributed by atoms with E-state index in [-0.39, 0.29) is 0 Å². The first-order valence-electron chi connectivity index (χ1n) is 10.1. The van der Waals surface area contributed by atoms with Crippen molar-refractivity contribution in [1.82, 2.24) is 35.6 Å². The number of benzene rings is 1. The Labute approximate surface area is 193 Å². The van der Waals surface area contributed by atoms with Crippen molar-refractivity contribution in [3.05, 3.63) is 58.1 Å². The molecule has 0 bridgehead atoms. The van der Waals surface area contributed by atoms with Crippen molar-refractivity contribution in [3.63, 3.8) is 0 Å². The number of aromatic nitrogens is 7. The number of aromatic amines is 1. The number of piperidine rings is 1. The highest BCUT2D eigenvalue weighted by Gasteiger charge is 2.25. The minimum absolute atomic E-state index is 0.381. The number of nitrogens with zero attached hydrogens (tertiary/aromatic N) is 7. The molecular formula is C20H19Cl2N9O. The molecule has 1 aliphatic rings. The summed E-state index contributed by atoms with van der Waals surface area (Å²) < 4.78 is 5.87. The van der Waals surface area contributed by atoms with Gasteiger partial charge < -0.3 is 14.6 Å². The normalized spacial score (nSPS) is 14.6. The van der Waals surface area contributed by atoms with Crippen molar-refractivity contribution in [2.75, 3.05) is 23.3 Å². The maximum Gasteiger partial charge on any atom is 0.318 e. The van der Waals surface area contributed by atoms with Crippen molar-refractivity contribution in [2.24, 2.45) is 0 Å². The number of H-pyrrole nitrogens is 1. The number of nitrogens with one attached hydrogen (secondary N) is 2. The van der Waals surface area contributed by atoms with Gasteiger partial charge >= 0.3 is 6.01 Å². The van der Waals surface area contributed by atoms with Crippen LogP contribution in [0.5, 0.6) is 0 Å². The van der Waals surface area contributed by atoms with E-state index in [9.17, 15) is 0 Å². The topological polar surface area (TPSA) is 122 Å². The van der Waals surface area contributed by atoms with Gasteiger partial charge in [0.25, 0.3) is 5.89 Å². The lowest BCUT2D eigenvalue weighted by molar-refractivity contribution is 0.456. The van der Waals surface area contributed by atoms with Gasteiger partial charge in [-0.15, -0.1) is 5.10 Å². The molecule has 12 heteroatoms. The molecule has 2 N–H and O–H groups in total. The molecule has 0 unspecified atom stereocenters. The lowest BCUT2D eigenvalue weighted by Crippen LogP contribution is -2.33. The first-order valence-corrected chi connectivity index (χ1v) is 10.8. The van der Waals surface area contributed by atoms with E-state index in [2.05, 4.69) is 45.8 Å². The Morgan fingerprint density at radius 2 is 1.78 bits per heavy atom. The average Bonchev–Trinajstić information content (AvgIpc) is 3.50. The molecule has 5 rings (SSSR count). The molecule has 1 aliphatic heterocycles. The molecule has 10 nitrogen and oxygen atoms in total. The number of rotatable bonds is 6. The summed E-state index contributed by atoms with van der Waals surface area (Å²) in [5.41, 5.74) is 2.58. The van der Waals surface area contributed by atoms with E-state index < -0.39 is 0 Å². The third-order valence-corrected chi connectivity index (χ3v) is 5.74. The van der Waals surface area contributed by atoms with Crippen LogP contribution in [-0.4, -0.2) is 48.7 Å². The van der Waals surface area contributed by atoms with Crippen LogP contribution in [0.25, 0.3) is 11.5 Å². The summed E-state index contributed by atoms with van der Waals surface area (Å²) in [5, 5.41) is 23.4. The van der Waals surface area contributed by atoms with E-state index in [0.717, 1.165) is 37.2 Å². The van der Waals surface area contributed by atoms with Crippen molar-refractivity contribution >= 4 is 35.2 Å². The van der Waals surface area contributed by atoms with Crippen LogP contribution in [0.1, 0.15) is 30.0 Å². The van der Waals surface area contributed by atoms with Gasteiger partial charge in [0.05, 0.1) is 17.5 Å². The van der Waals surface area contributed by atoms with Crippen molar-refractivity contribution in [1.29, 1.82) is 0 Å². The SMILES string of the molecule is Clc1cc(Cl)cc(CNc2ncc(-c3nnc(N4CCC(c5cn[nH]n5)CC4)o3)cn2)c1. The summed E-state index contributed by atoms with van der Waals surface area (Å²) in [5.74, 6) is 1.25. The molecule has 0 atom stereocenters. The Morgan fingerprint density at radius 1 is 1.03 bits per heavy atom. The second-order valence-corrected chi connectivity index (χ2v) is 8.35. The number of hydrogen-bond donors (Lipinski definition) is 2. The molecule has 4 aromatic rings. The zero-order chi connectivity index (χ0) is 21.9. The highest BCUT2D eigenvalue weighted by Crippen LogP contribution is 2.29. The molecule has 32 heavy (non-hydrogen) atoms. The number of anilines is 2. The highest BCUT2D eigenvalue weighted by atomic mass is 35.5. The van der Waals surface area contributed by atoms with Crippen molar-refractivity contribution in [3.8, 4) is 11.5 Å². The first-order chi connectivity index (χ1) is 15.6. The molecule has 0 radical (unpaired) electrons. The molecule has 1 fully saturated rings. The molecule has 164 valence electrons. The van der Waals surface area contributed by atoms with E-state index in [0.29, 0.717) is 45.9 Å². The minimum atomic E-state index is 0.381. The second kappa shape index (κ2) is 9.09. The fraction of sp³-hybridized carbons (Fsp3) is 0.300. The Hall–Kier alpha value is -3.24. The van der Waals surface area contributed by atoms with Gasteiger partial charge in [-0.3, -0.25) is 0 Å². The Bertz CT molecular complexity index is 1150. The Morgan fingerprint density at radius 3 is 2.47 bits per heavy atom. The zero-order valence-electron chi connectivity index (χ0n) is 16.9. The monoisotopic (exact) mass is 471 g/mol. The predicted molar refractivity (Wildman–Crippen MR) is 120 cm³/mol. The minimum Gasteiger partial charge on any atom is -0.403 e. The van der Waals surface area contributed by atoms with Gasteiger partial charge in [0, 0.05) is 48.0 Å². The molecule has 0 saturated carbocycles. The van der Waals surface area contributed by atoms with E-state index in [1.165, 1.54) is 0 Å². The van der Waals surface area contributed by atoms with Gasteiger partial charge in [-0.1, -0.05) is 28.3 Å². The molecule has 1 saturated heterocycles. The molecule has 0 spiro atoms. The summed E-state index contributed by atoms with van der Waals surface area (Å²) in [6, 6.07) is 5.86. The average molecular weight is 472 g/mol. The van der Waals surface area contributed by atoms with Gasteiger partial charge in [-0.05, 0) is 36.6 Å². The lowest BCUT2D eigenvalue weighted by Gasteiger charge is -2.29. The highest BCUT2D eigenvalue weighted by molar-refractivity contribution is 6.34. The summed E-state index contributed by atoms with van der Waals surface area (Å²) in [6.45, 7) is 2.12. The first kappa shape index (κ1) is 20.7. The molecule has 0 aliphatic carbocycles. The second-order valence-electron chi connectivity index (χ2n) is 7.47. The molecular weight excluding hydrogens is 453 g/mol. The quantitative estimate of drug-likeness (QED) is 0.430. The predicted octanol–water partition coefficient (Wildman–Crippen LogP) is 3.95. The lowest BCUT2D eigenvalue weighted by atomic mass is 9.94. The molecule has 4 heterocycles. The largest absolute Gasteiger partial charge is 0.403 e. The Balaban J connectivity index is 1.19. The molecule has 3 aromatic heterocycles. The smallest absolute Gasteiger partial charge is 0.318 e. The summed E-state index contributed by atoms with van der Waals surface area (Å²) in [7, 11) is 0. The molecule has 1 aromatic carbocycles. The van der Waals surface area contributed by atoms with Crippen molar-refractivity contribution in [2.45, 2.75) is 25.3 Å². The number of halogens is 2. The van der Waals surface area contributed by atoms with Gasteiger partial charge in [-0.25, -0.2) is 9.97 Å². The standard InChI is InChI=1S/C20H19Cl2N9O/c21-15-5-12(6-16(22)7-15)8-23-19-24-9-14(10-25-19)18-28-29-20(32-18)31-3-1-13(2-4-31)17-11-26-30-27-17/h5-7,9-11,13H,1-4,8H2,(H,23,24,25)(H,26,27,30). The van der Waals surface area contributed by atoms with Crippen LogP contribution in [-0.2, 0) is 6.54 Å². The fourth-order valence-electron chi connectivity index (χ4n) is 3.66. The van der Waals surface area contributed by atoms with Gasteiger partial charge in [0.15, 0.2) is 0 Å².